The van der Waals surface area contributed by atoms with E-state index in [0.29, 0.717) is 32.7 Å². The van der Waals surface area contributed by atoms with Crippen LogP contribution in [-0.4, -0.2) is 55.0 Å². The van der Waals surface area contributed by atoms with Crippen LogP contribution in [0, 0.1) is 0 Å². The lowest BCUT2D eigenvalue weighted by Crippen LogP contribution is -2.38. The Morgan fingerprint density at radius 3 is 2.79 bits per heavy atom. The van der Waals surface area contributed by atoms with Gasteiger partial charge in [-0.05, 0) is 18.1 Å². The van der Waals surface area contributed by atoms with Crippen molar-refractivity contribution in [1.82, 2.24) is 15.2 Å². The largest absolute Gasteiger partial charge is 0.385 e. The number of carbonyl (C=O) groups is 2. The van der Waals surface area contributed by atoms with Crippen LogP contribution in [0.1, 0.15) is 18.9 Å². The number of rotatable bonds is 9. The Labute approximate surface area is 142 Å². The van der Waals surface area contributed by atoms with E-state index in [-0.39, 0.29) is 11.8 Å². The van der Waals surface area contributed by atoms with Crippen molar-refractivity contribution in [3.63, 3.8) is 0 Å². The highest BCUT2D eigenvalue weighted by Crippen LogP contribution is 2.17. The molecule has 0 unspecified atom stereocenters. The Morgan fingerprint density at radius 2 is 2.04 bits per heavy atom. The summed E-state index contributed by atoms with van der Waals surface area (Å²) < 4.78 is 5.00. The van der Waals surface area contributed by atoms with Crippen molar-refractivity contribution >= 4 is 22.7 Å². The van der Waals surface area contributed by atoms with Crippen LogP contribution in [0.25, 0.3) is 10.9 Å². The summed E-state index contributed by atoms with van der Waals surface area (Å²) in [4.78, 5) is 28.6. The van der Waals surface area contributed by atoms with Gasteiger partial charge in [0.25, 0.3) is 0 Å². The van der Waals surface area contributed by atoms with Gasteiger partial charge in [-0.3, -0.25) is 9.59 Å². The maximum Gasteiger partial charge on any atom is 0.224 e. The van der Waals surface area contributed by atoms with E-state index in [1.54, 1.807) is 18.9 Å². The van der Waals surface area contributed by atoms with Crippen molar-refractivity contribution in [3.05, 3.63) is 36.0 Å². The molecule has 2 N–H and O–H groups in total. The van der Waals surface area contributed by atoms with Gasteiger partial charge in [0.2, 0.25) is 11.8 Å². The highest BCUT2D eigenvalue weighted by molar-refractivity contribution is 5.88. The van der Waals surface area contributed by atoms with Crippen molar-refractivity contribution in [2.45, 2.75) is 19.8 Å². The average Bonchev–Trinajstić information content (AvgIpc) is 2.96. The zero-order valence-electron chi connectivity index (χ0n) is 14.3. The Kier molecular flexibility index (Phi) is 6.81. The first-order chi connectivity index (χ1) is 11.6. The van der Waals surface area contributed by atoms with Gasteiger partial charge in [-0.1, -0.05) is 18.2 Å². The molecule has 0 bridgehead atoms. The van der Waals surface area contributed by atoms with Crippen LogP contribution < -0.4 is 5.32 Å². The van der Waals surface area contributed by atoms with Gasteiger partial charge in [-0.25, -0.2) is 0 Å². The molecule has 1 aromatic heterocycles. The number of hydrogen-bond donors (Lipinski definition) is 2. The number of carbonyl (C=O) groups excluding carboxylic acids is 2. The number of aromatic amines is 1. The van der Waals surface area contributed by atoms with Gasteiger partial charge in [0, 0.05) is 57.4 Å². The van der Waals surface area contributed by atoms with E-state index in [0.717, 1.165) is 22.9 Å². The zero-order valence-corrected chi connectivity index (χ0v) is 14.3. The molecule has 2 amide bonds. The Hall–Kier alpha value is -2.34. The van der Waals surface area contributed by atoms with Crippen LogP contribution in [0.4, 0.5) is 0 Å². The number of nitrogens with zero attached hydrogens (tertiary/aromatic N) is 1. The van der Waals surface area contributed by atoms with Gasteiger partial charge in [0.15, 0.2) is 0 Å². The molecule has 0 spiro atoms. The lowest BCUT2D eigenvalue weighted by molar-refractivity contribution is -0.129. The summed E-state index contributed by atoms with van der Waals surface area (Å²) in [5, 5.41) is 3.95. The van der Waals surface area contributed by atoms with E-state index >= 15 is 0 Å². The fourth-order valence-corrected chi connectivity index (χ4v) is 2.67. The third-order valence-corrected chi connectivity index (χ3v) is 3.95. The average molecular weight is 331 g/mol. The van der Waals surface area contributed by atoms with E-state index < -0.39 is 0 Å². The van der Waals surface area contributed by atoms with E-state index in [4.69, 9.17) is 4.74 Å². The third kappa shape index (κ3) is 5.09. The minimum Gasteiger partial charge on any atom is -0.385 e. The Balaban J connectivity index is 1.79. The summed E-state index contributed by atoms with van der Waals surface area (Å²) in [5.41, 5.74) is 2.01. The minimum atomic E-state index is -0.0415. The summed E-state index contributed by atoms with van der Waals surface area (Å²) in [6.45, 7) is 3.77. The predicted molar refractivity (Wildman–Crippen MR) is 93.8 cm³/mol. The molecule has 0 aliphatic rings. The number of methoxy groups -OCH3 is 1. The summed E-state index contributed by atoms with van der Waals surface area (Å²) in [6.07, 6.45) is 2.99. The number of ether oxygens (including phenoxy) is 1. The molecule has 0 radical (unpaired) electrons. The molecule has 0 atom stereocenters. The molecule has 6 nitrogen and oxygen atoms in total. The van der Waals surface area contributed by atoms with Crippen molar-refractivity contribution in [1.29, 1.82) is 0 Å². The lowest BCUT2D eigenvalue weighted by atomic mass is 10.1. The highest BCUT2D eigenvalue weighted by Gasteiger charge is 2.11. The molecule has 2 rings (SSSR count). The standard InChI is InChI=1S/C18H25N3O3/c1-14(22)21(9-5-11-24-2)10-8-19-18(23)12-15-13-20-17-7-4-3-6-16(15)17/h3-4,6-7,13,20H,5,8-12H2,1-2H3,(H,19,23). The second-order valence-corrected chi connectivity index (χ2v) is 5.74. The topological polar surface area (TPSA) is 74.4 Å². The minimum absolute atomic E-state index is 0.0111. The maximum atomic E-state index is 12.1. The molecule has 0 fully saturated rings. The number of fused-ring (bicyclic) bond motifs is 1. The van der Waals surface area contributed by atoms with Crippen molar-refractivity contribution < 1.29 is 14.3 Å². The van der Waals surface area contributed by atoms with Crippen molar-refractivity contribution in [2.75, 3.05) is 33.4 Å². The highest BCUT2D eigenvalue weighted by atomic mass is 16.5. The molecule has 1 aromatic carbocycles. The fourth-order valence-electron chi connectivity index (χ4n) is 2.67. The number of H-pyrrole nitrogens is 1. The Morgan fingerprint density at radius 1 is 1.25 bits per heavy atom. The predicted octanol–water partition coefficient (Wildman–Crippen LogP) is 1.71. The maximum absolute atomic E-state index is 12.1. The van der Waals surface area contributed by atoms with Gasteiger partial charge in [-0.2, -0.15) is 0 Å². The SMILES string of the molecule is COCCCN(CCNC(=O)Cc1c[nH]c2ccccc12)C(C)=O. The number of hydrogen-bond acceptors (Lipinski definition) is 3. The van der Waals surface area contributed by atoms with E-state index in [1.165, 1.54) is 0 Å². The molecule has 24 heavy (non-hydrogen) atoms. The molecule has 6 heteroatoms. The van der Waals surface area contributed by atoms with Crippen LogP contribution in [0.3, 0.4) is 0 Å². The van der Waals surface area contributed by atoms with Gasteiger partial charge < -0.3 is 19.9 Å². The summed E-state index contributed by atoms with van der Waals surface area (Å²) in [6, 6.07) is 7.91. The lowest BCUT2D eigenvalue weighted by Gasteiger charge is -2.21. The molecule has 0 saturated carbocycles. The molecule has 130 valence electrons. The van der Waals surface area contributed by atoms with E-state index in [9.17, 15) is 9.59 Å². The molecule has 0 aliphatic heterocycles. The van der Waals surface area contributed by atoms with Crippen LogP contribution in [0.2, 0.25) is 0 Å². The van der Waals surface area contributed by atoms with Gasteiger partial charge in [0.05, 0.1) is 6.42 Å². The summed E-state index contributed by atoms with van der Waals surface area (Å²) in [5.74, 6) is -0.0304. The monoisotopic (exact) mass is 331 g/mol. The second-order valence-electron chi connectivity index (χ2n) is 5.74. The van der Waals surface area contributed by atoms with Gasteiger partial charge in [0.1, 0.15) is 0 Å². The molecular formula is C18H25N3O3. The molecular weight excluding hydrogens is 306 g/mol. The van der Waals surface area contributed by atoms with Crippen molar-refractivity contribution in [3.8, 4) is 0 Å². The van der Waals surface area contributed by atoms with Crippen molar-refractivity contribution in [2.24, 2.45) is 0 Å². The first-order valence-corrected chi connectivity index (χ1v) is 8.18. The molecule has 0 aliphatic carbocycles. The quantitative estimate of drug-likeness (QED) is 0.687. The second kappa shape index (κ2) is 9.08. The smallest absolute Gasteiger partial charge is 0.224 e. The van der Waals surface area contributed by atoms with Crippen LogP contribution in [-0.2, 0) is 20.7 Å². The van der Waals surface area contributed by atoms with Crippen LogP contribution in [0.5, 0.6) is 0 Å². The fraction of sp³-hybridized carbons (Fsp3) is 0.444. The number of benzene rings is 1. The summed E-state index contributed by atoms with van der Waals surface area (Å²) in [7, 11) is 1.64. The third-order valence-electron chi connectivity index (χ3n) is 3.95. The number of amides is 2. The Bertz CT molecular complexity index is 681. The first kappa shape index (κ1) is 18.0. The van der Waals surface area contributed by atoms with Crippen LogP contribution >= 0.6 is 0 Å². The van der Waals surface area contributed by atoms with E-state index in [2.05, 4.69) is 10.3 Å². The molecule has 0 saturated heterocycles. The number of aromatic nitrogens is 1. The number of para-hydroxylation sites is 1. The van der Waals surface area contributed by atoms with E-state index in [1.807, 2.05) is 30.5 Å². The van der Waals surface area contributed by atoms with Crippen LogP contribution in [0.15, 0.2) is 30.5 Å². The normalized spacial score (nSPS) is 10.8. The molecule has 1 heterocycles. The number of nitrogens with one attached hydrogen (secondary N) is 2. The molecule has 2 aromatic rings. The van der Waals surface area contributed by atoms with Gasteiger partial charge in [-0.15, -0.1) is 0 Å². The zero-order chi connectivity index (χ0) is 17.4. The van der Waals surface area contributed by atoms with Gasteiger partial charge >= 0.3 is 0 Å². The summed E-state index contributed by atoms with van der Waals surface area (Å²) >= 11 is 0. The first-order valence-electron chi connectivity index (χ1n) is 8.18.